The minimum absolute atomic E-state index is 2.27. The van der Waals surface area contributed by atoms with E-state index in [4.69, 9.17) is 12.3 Å². The summed E-state index contributed by atoms with van der Waals surface area (Å²) in [6.07, 6.45) is 0. The smallest absolute Gasteiger partial charge is 0.0233 e. The number of rotatable bonds is 0. The second-order valence-corrected chi connectivity index (χ2v) is 0.433. The Morgan fingerprint density at radius 1 is 1.50 bits per heavy atom. The highest BCUT2D eigenvalue weighted by Crippen LogP contribution is 1.81. The van der Waals surface area contributed by atoms with Crippen molar-refractivity contribution in [2.75, 3.05) is 0 Å². The first-order valence-electron chi connectivity index (χ1n) is 5.37. The molecule has 0 saturated heterocycles. The topological polar surface area (TPSA) is 0 Å². The third kappa shape index (κ3) is 0. The zero-order chi connectivity index (χ0) is 11.1. The van der Waals surface area contributed by atoms with E-state index in [0.717, 1.165) is 0 Å². The molecule has 4 heavy (non-hydrogen) atoms. The molecule has 0 aromatic carbocycles. The highest BCUT2D eigenvalue weighted by molar-refractivity contribution is 4.20. The largest absolute Gasteiger partial charge is 0.0630 e. The van der Waals surface area contributed by atoms with Crippen LogP contribution in [0.5, 0.6) is 0 Å². The van der Waals surface area contributed by atoms with Gasteiger partial charge in [0, 0.05) is 12.3 Å². The Morgan fingerprint density at radius 2 is 2.00 bits per heavy atom. The minimum atomic E-state index is -2.99. The maximum Gasteiger partial charge on any atom is 0.0233 e. The van der Waals surface area contributed by atoms with Crippen molar-refractivity contribution in [2.24, 2.45) is 5.92 Å². The molecular weight excluding hydrogens is 48.0 g/mol. The SMILES string of the molecule is [2H]C([2H])([2H])C(C([2H])([2H])[2H])C([2H])([2H])[2H]. The van der Waals surface area contributed by atoms with Crippen LogP contribution in [0.3, 0.4) is 0 Å². The molecule has 0 aliphatic heterocycles. The van der Waals surface area contributed by atoms with Crippen LogP contribution in [-0.4, -0.2) is 0 Å². The van der Waals surface area contributed by atoms with Gasteiger partial charge in [0.15, 0.2) is 0 Å². The van der Waals surface area contributed by atoms with Gasteiger partial charge >= 0.3 is 0 Å². The van der Waals surface area contributed by atoms with Gasteiger partial charge in [-0.2, -0.15) is 0 Å². The molecule has 0 aromatic heterocycles. The van der Waals surface area contributed by atoms with Gasteiger partial charge in [0.2, 0.25) is 0 Å². The summed E-state index contributed by atoms with van der Waals surface area (Å²) in [5, 5.41) is 0. The van der Waals surface area contributed by atoms with Crippen LogP contribution in [0, 0.1) is 5.92 Å². The zero-order valence-electron chi connectivity index (χ0n) is 11.1. The van der Waals surface area contributed by atoms with Gasteiger partial charge in [-0.1, -0.05) is 20.6 Å². The number of hydrogen-bond donors (Lipinski definition) is 0. The molecular formula is C4H10. The van der Waals surface area contributed by atoms with E-state index in [1.807, 2.05) is 0 Å². The van der Waals surface area contributed by atoms with Crippen molar-refractivity contribution in [1.29, 1.82) is 0 Å². The van der Waals surface area contributed by atoms with E-state index >= 15 is 0 Å². The van der Waals surface area contributed by atoms with Gasteiger partial charge in [-0.3, -0.25) is 0 Å². The summed E-state index contributed by atoms with van der Waals surface area (Å²) in [6, 6.07) is 0. The van der Waals surface area contributed by atoms with Gasteiger partial charge in [-0.05, 0) is 5.92 Å². The Kier molecular flexibility index (Phi) is 0.0833. The molecule has 0 bridgehead atoms. The van der Waals surface area contributed by atoms with Crippen LogP contribution in [0.15, 0.2) is 0 Å². The van der Waals surface area contributed by atoms with Gasteiger partial charge in [-0.15, -0.1) is 0 Å². The van der Waals surface area contributed by atoms with Crippen LogP contribution in [0.25, 0.3) is 0 Å². The Labute approximate surface area is 40.5 Å². The minimum Gasteiger partial charge on any atom is -0.0630 e. The average Bonchev–Trinajstić information content (AvgIpc) is 1.44. The van der Waals surface area contributed by atoms with Crippen LogP contribution in [0.2, 0.25) is 0 Å². The summed E-state index contributed by atoms with van der Waals surface area (Å²) >= 11 is 0. The van der Waals surface area contributed by atoms with Crippen LogP contribution in [0.4, 0.5) is 0 Å². The Hall–Kier alpha value is 0. The molecule has 0 aromatic rings. The molecule has 0 saturated carbocycles. The van der Waals surface area contributed by atoms with Gasteiger partial charge in [-0.25, -0.2) is 0 Å². The summed E-state index contributed by atoms with van der Waals surface area (Å²) in [6.45, 7) is -8.97. The Balaban J connectivity index is 5.02. The normalized spacial score (nSPS) is 51.8. The van der Waals surface area contributed by atoms with E-state index in [0.29, 0.717) is 0 Å². The van der Waals surface area contributed by atoms with Crippen molar-refractivity contribution in [3.8, 4) is 0 Å². The van der Waals surface area contributed by atoms with E-state index < -0.39 is 26.5 Å². The third-order valence-electron chi connectivity index (χ3n) is 0. The first-order chi connectivity index (χ1) is 5.37. The standard InChI is InChI=1S/C4H10/c1-4(2)3/h4H,1-3H3/i1D3,2D3,3D3. The maximum atomic E-state index is 6.81. The first-order valence-corrected chi connectivity index (χ1v) is 0.866. The summed E-state index contributed by atoms with van der Waals surface area (Å²) in [5.74, 6) is -2.27. The molecule has 0 unspecified atom stereocenters. The predicted molar refractivity (Wildman–Crippen MR) is 20.5 cm³/mol. The lowest BCUT2D eigenvalue weighted by molar-refractivity contribution is 0.737. The molecule has 0 spiro atoms. The highest BCUT2D eigenvalue weighted by atomic mass is 13.7. The fourth-order valence-corrected chi connectivity index (χ4v) is 0. The van der Waals surface area contributed by atoms with E-state index in [2.05, 4.69) is 0 Å². The molecule has 0 rings (SSSR count). The van der Waals surface area contributed by atoms with E-state index in [1.54, 1.807) is 0 Å². The van der Waals surface area contributed by atoms with Gasteiger partial charge in [0.05, 0.1) is 0 Å². The van der Waals surface area contributed by atoms with Crippen molar-refractivity contribution < 1.29 is 12.3 Å². The van der Waals surface area contributed by atoms with Crippen molar-refractivity contribution in [3.63, 3.8) is 0 Å². The summed E-state index contributed by atoms with van der Waals surface area (Å²) in [7, 11) is 0. The van der Waals surface area contributed by atoms with Crippen molar-refractivity contribution >= 4 is 0 Å². The Bertz CT molecular complexity index is 134. The second kappa shape index (κ2) is 1.33. The number of hydrogen-bond acceptors (Lipinski definition) is 0. The monoisotopic (exact) mass is 67.1 g/mol. The van der Waals surface area contributed by atoms with E-state index in [-0.39, 0.29) is 0 Å². The molecule has 0 aliphatic carbocycles. The lowest BCUT2D eigenvalue weighted by Crippen LogP contribution is -1.66. The van der Waals surface area contributed by atoms with Crippen LogP contribution >= 0.6 is 0 Å². The highest BCUT2D eigenvalue weighted by Gasteiger charge is 1.68. The molecule has 0 heterocycles. The molecule has 0 aliphatic rings. The maximum absolute atomic E-state index is 6.81. The third-order valence-corrected chi connectivity index (χ3v) is 0. The van der Waals surface area contributed by atoms with Gasteiger partial charge < -0.3 is 0 Å². The zero-order valence-corrected chi connectivity index (χ0v) is 2.08. The van der Waals surface area contributed by atoms with Crippen molar-refractivity contribution in [1.82, 2.24) is 0 Å². The van der Waals surface area contributed by atoms with E-state index in [9.17, 15) is 0 Å². The lowest BCUT2D eigenvalue weighted by atomic mass is 10.3. The van der Waals surface area contributed by atoms with Crippen molar-refractivity contribution in [3.05, 3.63) is 0 Å². The summed E-state index contributed by atoms with van der Waals surface area (Å²) in [4.78, 5) is 0. The fourth-order valence-electron chi connectivity index (χ4n) is 0. The molecule has 0 atom stereocenters. The molecule has 26 valence electrons. The summed E-state index contributed by atoms with van der Waals surface area (Å²) < 4.78 is 61.3. The van der Waals surface area contributed by atoms with Gasteiger partial charge in [0.25, 0.3) is 0 Å². The van der Waals surface area contributed by atoms with Crippen LogP contribution in [0.1, 0.15) is 32.9 Å². The van der Waals surface area contributed by atoms with Crippen LogP contribution in [-0.2, 0) is 0 Å². The summed E-state index contributed by atoms with van der Waals surface area (Å²) in [5.41, 5.74) is 0. The van der Waals surface area contributed by atoms with Crippen LogP contribution < -0.4 is 0 Å². The Morgan fingerprint density at radius 3 is 2.00 bits per heavy atom. The molecule has 0 radical (unpaired) electrons. The van der Waals surface area contributed by atoms with E-state index in [1.165, 1.54) is 0 Å². The molecule has 0 fully saturated rings. The first kappa shape index (κ1) is 0.250. The van der Waals surface area contributed by atoms with Crippen molar-refractivity contribution in [2.45, 2.75) is 20.6 Å². The molecule has 0 N–H and O–H groups in total. The predicted octanol–water partition coefficient (Wildman–Crippen LogP) is 1.66. The second-order valence-electron chi connectivity index (χ2n) is 0.433. The molecule has 0 nitrogen and oxygen atoms in total. The quantitative estimate of drug-likeness (QED) is 0.404. The average molecular weight is 67.2 g/mol. The lowest BCUT2D eigenvalue weighted by Gasteiger charge is -1.79. The molecule has 0 amide bonds. The fraction of sp³-hybridized carbons (Fsp3) is 1.00. The van der Waals surface area contributed by atoms with Gasteiger partial charge in [0.1, 0.15) is 0 Å². The molecule has 0 heteroatoms.